The van der Waals surface area contributed by atoms with E-state index in [0.29, 0.717) is 0 Å². The molecule has 0 atom stereocenters. The summed E-state index contributed by atoms with van der Waals surface area (Å²) in [6.45, 7) is 5.36. The molecule has 0 spiro atoms. The quantitative estimate of drug-likeness (QED) is 0.572. The van der Waals surface area contributed by atoms with Gasteiger partial charge in [0.15, 0.2) is 0 Å². The molecule has 0 N–H and O–H groups in total. The summed E-state index contributed by atoms with van der Waals surface area (Å²) >= 11 is 0. The van der Waals surface area contributed by atoms with Crippen LogP contribution in [0.15, 0.2) is 6.07 Å². The first kappa shape index (κ1) is 7.80. The first-order valence-corrected chi connectivity index (χ1v) is 4.47. The van der Waals surface area contributed by atoms with Crippen LogP contribution < -0.4 is 0 Å². The number of hydrogen-bond acceptors (Lipinski definition) is 2. The van der Waals surface area contributed by atoms with Crippen molar-refractivity contribution in [3.8, 4) is 0 Å². The van der Waals surface area contributed by atoms with Gasteiger partial charge >= 0.3 is 0 Å². The number of aryl methyl sites for hydroxylation is 2. The Hall–Kier alpha value is -0.830. The summed E-state index contributed by atoms with van der Waals surface area (Å²) in [5, 5.41) is 4.44. The van der Waals surface area contributed by atoms with E-state index in [1.54, 1.807) is 0 Å². The van der Waals surface area contributed by atoms with Gasteiger partial charge in [-0.25, -0.2) is 0 Å². The molecular weight excluding hydrogens is 150 g/mol. The lowest BCUT2D eigenvalue weighted by Crippen LogP contribution is -2.16. The highest BCUT2D eigenvalue weighted by Crippen LogP contribution is 2.11. The van der Waals surface area contributed by atoms with Crippen molar-refractivity contribution in [2.45, 2.75) is 26.4 Å². The first-order valence-electron chi connectivity index (χ1n) is 4.47. The molecule has 0 bridgehead atoms. The molecule has 0 saturated carbocycles. The average Bonchev–Trinajstić information content (AvgIpc) is 2.23. The van der Waals surface area contributed by atoms with E-state index in [1.165, 1.54) is 18.7 Å². The largest absolute Gasteiger partial charge is 0.300 e. The third-order valence-corrected chi connectivity index (χ3v) is 2.33. The van der Waals surface area contributed by atoms with Crippen LogP contribution in [-0.4, -0.2) is 28.3 Å². The molecule has 0 fully saturated rings. The molecule has 1 aromatic heterocycles. The van der Waals surface area contributed by atoms with Gasteiger partial charge < -0.3 is 4.90 Å². The number of fused-ring (bicyclic) bond motifs is 1. The van der Waals surface area contributed by atoms with Gasteiger partial charge in [0, 0.05) is 19.6 Å². The van der Waals surface area contributed by atoms with Gasteiger partial charge in [0.2, 0.25) is 0 Å². The smallest absolute Gasteiger partial charge is 0.0597 e. The van der Waals surface area contributed by atoms with Crippen molar-refractivity contribution in [1.82, 2.24) is 14.7 Å². The zero-order valence-corrected chi connectivity index (χ0v) is 7.75. The molecule has 0 unspecified atom stereocenters. The molecule has 3 heteroatoms. The van der Waals surface area contributed by atoms with E-state index in [0.717, 1.165) is 18.8 Å². The Morgan fingerprint density at radius 1 is 1.42 bits per heavy atom. The summed E-state index contributed by atoms with van der Waals surface area (Å²) in [7, 11) is 2.16. The van der Waals surface area contributed by atoms with Crippen molar-refractivity contribution in [2.24, 2.45) is 0 Å². The Bertz CT molecular complexity index is 277. The van der Waals surface area contributed by atoms with E-state index in [-0.39, 0.29) is 0 Å². The maximum Gasteiger partial charge on any atom is 0.0597 e. The van der Waals surface area contributed by atoms with Crippen molar-refractivity contribution in [2.75, 3.05) is 13.6 Å². The molecule has 2 rings (SSSR count). The van der Waals surface area contributed by atoms with Crippen molar-refractivity contribution < 1.29 is 0 Å². The first-order chi connectivity index (χ1) is 5.75. The molecule has 0 aliphatic carbocycles. The Balaban J connectivity index is 2.30. The zero-order valence-electron chi connectivity index (χ0n) is 7.75. The van der Waals surface area contributed by atoms with E-state index in [4.69, 9.17) is 0 Å². The van der Waals surface area contributed by atoms with E-state index >= 15 is 0 Å². The van der Waals surface area contributed by atoms with Gasteiger partial charge in [0.05, 0.1) is 11.4 Å². The predicted octanol–water partition coefficient (Wildman–Crippen LogP) is 1.03. The predicted molar refractivity (Wildman–Crippen MR) is 47.9 cm³/mol. The summed E-state index contributed by atoms with van der Waals surface area (Å²) in [6.07, 6.45) is 1.21. The van der Waals surface area contributed by atoms with Gasteiger partial charge in [-0.05, 0) is 26.5 Å². The normalized spacial score (nSPS) is 18.8. The van der Waals surface area contributed by atoms with Crippen molar-refractivity contribution in [3.63, 3.8) is 0 Å². The molecular formula is C9H15N3. The van der Waals surface area contributed by atoms with Gasteiger partial charge in [-0.1, -0.05) is 0 Å². The van der Waals surface area contributed by atoms with Crippen LogP contribution in [0.3, 0.4) is 0 Å². The lowest BCUT2D eigenvalue weighted by atomic mass is 10.3. The Labute approximate surface area is 73.0 Å². The summed E-state index contributed by atoms with van der Waals surface area (Å²) in [6, 6.07) is 2.18. The number of rotatable bonds is 0. The highest BCUT2D eigenvalue weighted by Gasteiger charge is 2.11. The standard InChI is InChI=1S/C9H15N3/c1-8-6-9-7-11(2)4-3-5-12(9)10-8/h6H,3-5,7H2,1-2H3. The van der Waals surface area contributed by atoms with E-state index < -0.39 is 0 Å². The third-order valence-electron chi connectivity index (χ3n) is 2.33. The van der Waals surface area contributed by atoms with Gasteiger partial charge in [-0.2, -0.15) is 5.10 Å². The molecule has 12 heavy (non-hydrogen) atoms. The highest BCUT2D eigenvalue weighted by molar-refractivity contribution is 5.09. The van der Waals surface area contributed by atoms with Crippen LogP contribution in [0.4, 0.5) is 0 Å². The van der Waals surface area contributed by atoms with Gasteiger partial charge in [0.1, 0.15) is 0 Å². The summed E-state index contributed by atoms with van der Waals surface area (Å²) in [5.41, 5.74) is 2.49. The van der Waals surface area contributed by atoms with Crippen LogP contribution in [0.1, 0.15) is 17.8 Å². The lowest BCUT2D eigenvalue weighted by molar-refractivity contribution is 0.332. The SMILES string of the molecule is Cc1cc2n(n1)CCCN(C)C2. The summed E-state index contributed by atoms with van der Waals surface area (Å²) in [5.74, 6) is 0. The monoisotopic (exact) mass is 165 g/mol. The molecule has 0 saturated heterocycles. The molecule has 66 valence electrons. The third kappa shape index (κ3) is 1.37. The lowest BCUT2D eigenvalue weighted by Gasteiger charge is -2.10. The molecule has 0 radical (unpaired) electrons. The number of aromatic nitrogens is 2. The molecule has 2 heterocycles. The Morgan fingerprint density at radius 2 is 2.25 bits per heavy atom. The number of hydrogen-bond donors (Lipinski definition) is 0. The van der Waals surface area contributed by atoms with Gasteiger partial charge in [-0.15, -0.1) is 0 Å². The molecule has 1 aliphatic rings. The van der Waals surface area contributed by atoms with Crippen LogP contribution in [0, 0.1) is 6.92 Å². The van der Waals surface area contributed by atoms with Crippen molar-refractivity contribution in [1.29, 1.82) is 0 Å². The maximum atomic E-state index is 4.44. The van der Waals surface area contributed by atoms with Crippen LogP contribution in [0.2, 0.25) is 0 Å². The average molecular weight is 165 g/mol. The fraction of sp³-hybridized carbons (Fsp3) is 0.667. The maximum absolute atomic E-state index is 4.44. The molecule has 3 nitrogen and oxygen atoms in total. The van der Waals surface area contributed by atoms with Crippen molar-refractivity contribution >= 4 is 0 Å². The molecule has 1 aromatic rings. The fourth-order valence-electron chi connectivity index (χ4n) is 1.77. The van der Waals surface area contributed by atoms with E-state index in [1.807, 2.05) is 0 Å². The summed E-state index contributed by atoms with van der Waals surface area (Å²) in [4.78, 5) is 2.35. The van der Waals surface area contributed by atoms with Crippen LogP contribution in [-0.2, 0) is 13.1 Å². The topological polar surface area (TPSA) is 21.1 Å². The minimum absolute atomic E-state index is 1.04. The number of nitrogens with zero attached hydrogens (tertiary/aromatic N) is 3. The second kappa shape index (κ2) is 2.90. The Morgan fingerprint density at radius 3 is 3.08 bits per heavy atom. The second-order valence-corrected chi connectivity index (χ2v) is 3.59. The molecule has 0 aromatic carbocycles. The molecule has 0 amide bonds. The van der Waals surface area contributed by atoms with Crippen LogP contribution >= 0.6 is 0 Å². The molecule has 1 aliphatic heterocycles. The highest BCUT2D eigenvalue weighted by atomic mass is 15.3. The Kier molecular flexibility index (Phi) is 1.89. The van der Waals surface area contributed by atoms with Gasteiger partial charge in [0.25, 0.3) is 0 Å². The van der Waals surface area contributed by atoms with Crippen LogP contribution in [0.25, 0.3) is 0 Å². The minimum atomic E-state index is 1.04. The van der Waals surface area contributed by atoms with Gasteiger partial charge in [-0.3, -0.25) is 4.68 Å². The minimum Gasteiger partial charge on any atom is -0.300 e. The van der Waals surface area contributed by atoms with Crippen LogP contribution in [0.5, 0.6) is 0 Å². The summed E-state index contributed by atoms with van der Waals surface area (Å²) < 4.78 is 2.14. The van der Waals surface area contributed by atoms with E-state index in [2.05, 4.69) is 34.7 Å². The second-order valence-electron chi connectivity index (χ2n) is 3.59. The van der Waals surface area contributed by atoms with E-state index in [9.17, 15) is 0 Å². The van der Waals surface area contributed by atoms with Crippen molar-refractivity contribution in [3.05, 3.63) is 17.5 Å². The fourth-order valence-corrected chi connectivity index (χ4v) is 1.77. The zero-order chi connectivity index (χ0) is 8.55.